The Bertz CT molecular complexity index is 532. The maximum absolute atomic E-state index is 12.1. The number of carbonyl (C=O) groups excluding carboxylic acids is 2. The highest BCUT2D eigenvalue weighted by Crippen LogP contribution is 2.14. The highest BCUT2D eigenvalue weighted by atomic mass is 16.2. The number of aromatic nitrogens is 2. The van der Waals surface area contributed by atoms with E-state index in [1.165, 1.54) is 5.01 Å². The van der Waals surface area contributed by atoms with Crippen molar-refractivity contribution >= 4 is 23.3 Å². The quantitative estimate of drug-likeness (QED) is 0.883. The second-order valence-electron chi connectivity index (χ2n) is 4.67. The van der Waals surface area contributed by atoms with Gasteiger partial charge in [-0.25, -0.2) is 9.69 Å². The van der Waals surface area contributed by atoms with Crippen molar-refractivity contribution in [2.24, 2.45) is 5.10 Å². The van der Waals surface area contributed by atoms with Crippen molar-refractivity contribution < 1.29 is 9.59 Å². The molecule has 7 nitrogen and oxygen atoms in total. The number of nitrogens with one attached hydrogen (secondary N) is 1. The van der Waals surface area contributed by atoms with E-state index in [1.807, 2.05) is 13.8 Å². The molecule has 0 aromatic carbocycles. The summed E-state index contributed by atoms with van der Waals surface area (Å²) in [6, 6.07) is 1.89. The van der Waals surface area contributed by atoms with Gasteiger partial charge in [-0.05, 0) is 13.8 Å². The summed E-state index contributed by atoms with van der Waals surface area (Å²) in [4.78, 5) is 23.4. The van der Waals surface area contributed by atoms with E-state index >= 15 is 0 Å². The highest BCUT2D eigenvalue weighted by molar-refractivity contribution is 6.43. The zero-order valence-corrected chi connectivity index (χ0v) is 11.3. The van der Waals surface area contributed by atoms with Crippen molar-refractivity contribution in [3.63, 3.8) is 0 Å². The third kappa shape index (κ3) is 2.81. The second-order valence-corrected chi connectivity index (χ2v) is 4.67. The number of hydrogen-bond acceptors (Lipinski definition) is 4. The lowest BCUT2D eigenvalue weighted by molar-refractivity contribution is -0.130. The Hall–Kier alpha value is -2.18. The second kappa shape index (κ2) is 5.21. The molecule has 2 rings (SSSR count). The van der Waals surface area contributed by atoms with Crippen LogP contribution in [0, 0.1) is 0 Å². The molecule has 1 aliphatic heterocycles. The van der Waals surface area contributed by atoms with E-state index in [-0.39, 0.29) is 17.9 Å². The third-order valence-electron chi connectivity index (χ3n) is 2.87. The molecule has 0 aliphatic carbocycles. The predicted molar refractivity (Wildman–Crippen MR) is 70.7 cm³/mol. The summed E-state index contributed by atoms with van der Waals surface area (Å²) >= 11 is 0. The minimum absolute atomic E-state index is 0.0798. The van der Waals surface area contributed by atoms with E-state index in [9.17, 15) is 9.59 Å². The lowest BCUT2D eigenvalue weighted by Gasteiger charge is -2.19. The number of rotatable bonds is 3. The monoisotopic (exact) mass is 263 g/mol. The summed E-state index contributed by atoms with van der Waals surface area (Å²) in [6.45, 7) is 3.96. The topological polar surface area (TPSA) is 79.6 Å². The molecule has 0 spiro atoms. The van der Waals surface area contributed by atoms with Crippen molar-refractivity contribution in [1.29, 1.82) is 0 Å². The smallest absolute Gasteiger partial charge is 0.273 e. The van der Waals surface area contributed by atoms with Crippen molar-refractivity contribution in [3.8, 4) is 0 Å². The minimum Gasteiger partial charge on any atom is -0.306 e. The molecule has 1 aliphatic rings. The van der Waals surface area contributed by atoms with E-state index in [0.29, 0.717) is 24.4 Å². The lowest BCUT2D eigenvalue weighted by Crippen LogP contribution is -2.34. The van der Waals surface area contributed by atoms with Crippen LogP contribution in [-0.2, 0) is 9.59 Å². The Morgan fingerprint density at radius 1 is 1.42 bits per heavy atom. The van der Waals surface area contributed by atoms with Gasteiger partial charge in [0.2, 0.25) is 5.91 Å². The molecule has 0 fully saturated rings. The van der Waals surface area contributed by atoms with Gasteiger partial charge < -0.3 is 5.32 Å². The number of amides is 2. The first-order chi connectivity index (χ1) is 8.99. The van der Waals surface area contributed by atoms with Gasteiger partial charge in [0, 0.05) is 32.0 Å². The molecule has 1 aromatic heterocycles. The fraction of sp³-hybridized carbons (Fsp3) is 0.500. The first kappa shape index (κ1) is 13.3. The number of hydrazone groups is 1. The fourth-order valence-electron chi connectivity index (χ4n) is 1.85. The van der Waals surface area contributed by atoms with Crippen LogP contribution in [0.25, 0.3) is 0 Å². The van der Waals surface area contributed by atoms with Crippen LogP contribution in [-0.4, -0.2) is 39.4 Å². The number of anilines is 1. The molecular formula is C12H17N5O2. The van der Waals surface area contributed by atoms with Gasteiger partial charge in [0.15, 0.2) is 0 Å². The van der Waals surface area contributed by atoms with Gasteiger partial charge in [-0.15, -0.1) is 0 Å². The first-order valence-electron chi connectivity index (χ1n) is 6.18. The average molecular weight is 263 g/mol. The van der Waals surface area contributed by atoms with Crippen LogP contribution in [0.1, 0.15) is 32.7 Å². The van der Waals surface area contributed by atoms with Gasteiger partial charge >= 0.3 is 0 Å². The van der Waals surface area contributed by atoms with Crippen molar-refractivity contribution in [2.75, 3.05) is 12.4 Å². The van der Waals surface area contributed by atoms with Gasteiger partial charge in [0.25, 0.3) is 5.91 Å². The Morgan fingerprint density at radius 3 is 2.79 bits per heavy atom. The van der Waals surface area contributed by atoms with Crippen LogP contribution >= 0.6 is 0 Å². The van der Waals surface area contributed by atoms with Crippen LogP contribution in [0.5, 0.6) is 0 Å². The molecule has 0 saturated heterocycles. The summed E-state index contributed by atoms with van der Waals surface area (Å²) in [7, 11) is 1.55. The molecule has 7 heteroatoms. The van der Waals surface area contributed by atoms with Crippen molar-refractivity contribution in [3.05, 3.63) is 12.3 Å². The largest absolute Gasteiger partial charge is 0.306 e. The van der Waals surface area contributed by atoms with E-state index < -0.39 is 0 Å². The fourth-order valence-corrected chi connectivity index (χ4v) is 1.85. The van der Waals surface area contributed by atoms with Crippen LogP contribution < -0.4 is 5.32 Å². The molecule has 0 saturated carbocycles. The van der Waals surface area contributed by atoms with Crippen LogP contribution in [0.15, 0.2) is 17.4 Å². The SMILES string of the molecule is CC(C)n1nccc1NC(=O)C1=NN(C)C(=O)CC1. The normalized spacial score (nSPS) is 15.7. The molecule has 1 N–H and O–H groups in total. The Balaban J connectivity index is 2.11. The Kier molecular flexibility index (Phi) is 3.64. The standard InChI is InChI=1S/C12H17N5O2/c1-8(2)17-10(6-7-13-17)14-12(19)9-4-5-11(18)16(3)15-9/h6-8H,4-5H2,1-3H3,(H,14,19). The predicted octanol–water partition coefficient (Wildman–Crippen LogP) is 1.01. The van der Waals surface area contributed by atoms with Gasteiger partial charge in [-0.2, -0.15) is 10.2 Å². The van der Waals surface area contributed by atoms with Crippen LogP contribution in [0.3, 0.4) is 0 Å². The van der Waals surface area contributed by atoms with Gasteiger partial charge in [0.05, 0.1) is 6.20 Å². The number of carbonyl (C=O) groups is 2. The Labute approximate surface area is 111 Å². The summed E-state index contributed by atoms with van der Waals surface area (Å²) in [5.74, 6) is 0.257. The molecule has 0 unspecified atom stereocenters. The Morgan fingerprint density at radius 2 is 2.16 bits per heavy atom. The molecule has 0 radical (unpaired) electrons. The zero-order chi connectivity index (χ0) is 14.0. The zero-order valence-electron chi connectivity index (χ0n) is 11.3. The van der Waals surface area contributed by atoms with E-state index in [2.05, 4.69) is 15.5 Å². The maximum atomic E-state index is 12.1. The van der Waals surface area contributed by atoms with Crippen molar-refractivity contribution in [2.45, 2.75) is 32.7 Å². The number of hydrogen-bond donors (Lipinski definition) is 1. The van der Waals surface area contributed by atoms with Crippen LogP contribution in [0.2, 0.25) is 0 Å². The highest BCUT2D eigenvalue weighted by Gasteiger charge is 2.22. The van der Waals surface area contributed by atoms with Gasteiger partial charge in [0.1, 0.15) is 11.5 Å². The van der Waals surface area contributed by atoms with E-state index in [0.717, 1.165) is 0 Å². The minimum atomic E-state index is -0.290. The summed E-state index contributed by atoms with van der Waals surface area (Å²) < 4.78 is 1.72. The molecule has 2 heterocycles. The summed E-state index contributed by atoms with van der Waals surface area (Å²) in [6.07, 6.45) is 2.31. The molecule has 2 amide bonds. The molecule has 0 atom stereocenters. The van der Waals surface area contributed by atoms with Crippen molar-refractivity contribution in [1.82, 2.24) is 14.8 Å². The molecule has 102 valence electrons. The first-order valence-corrected chi connectivity index (χ1v) is 6.18. The maximum Gasteiger partial charge on any atom is 0.273 e. The van der Waals surface area contributed by atoms with Gasteiger partial charge in [-0.1, -0.05) is 0 Å². The van der Waals surface area contributed by atoms with Crippen LogP contribution in [0.4, 0.5) is 5.82 Å². The molecule has 1 aromatic rings. The number of nitrogens with zero attached hydrogens (tertiary/aromatic N) is 4. The summed E-state index contributed by atoms with van der Waals surface area (Å²) in [5.41, 5.74) is 0.360. The average Bonchev–Trinajstić information content (AvgIpc) is 2.80. The third-order valence-corrected chi connectivity index (χ3v) is 2.87. The lowest BCUT2D eigenvalue weighted by atomic mass is 10.1. The van der Waals surface area contributed by atoms with Gasteiger partial charge in [-0.3, -0.25) is 9.59 Å². The summed E-state index contributed by atoms with van der Waals surface area (Å²) in [5, 5.41) is 12.1. The molecular weight excluding hydrogens is 246 g/mol. The molecule has 19 heavy (non-hydrogen) atoms. The molecule has 0 bridgehead atoms. The van der Waals surface area contributed by atoms with E-state index in [1.54, 1.807) is 24.0 Å². The van der Waals surface area contributed by atoms with E-state index in [4.69, 9.17) is 0 Å².